The quantitative estimate of drug-likeness (QED) is 0.271. The predicted molar refractivity (Wildman–Crippen MR) is 153 cm³/mol. The lowest BCUT2D eigenvalue weighted by Crippen LogP contribution is -2.39. The number of carbonyl (C=O) groups excluding carboxylic acids is 2. The van der Waals surface area contributed by atoms with Crippen molar-refractivity contribution in [2.75, 3.05) is 10.2 Å². The molecule has 0 saturated carbocycles. The molecule has 0 saturated heterocycles. The van der Waals surface area contributed by atoms with E-state index in [-0.39, 0.29) is 17.1 Å². The molecule has 6 heteroatoms. The van der Waals surface area contributed by atoms with E-state index in [4.69, 9.17) is 4.42 Å². The number of furan rings is 1. The van der Waals surface area contributed by atoms with Crippen molar-refractivity contribution in [2.45, 2.75) is 32.7 Å². The van der Waals surface area contributed by atoms with Gasteiger partial charge in [-0.2, -0.15) is 0 Å². The topological polar surface area (TPSA) is 62.6 Å². The van der Waals surface area contributed by atoms with Crippen LogP contribution in [0.4, 0.5) is 11.4 Å². The van der Waals surface area contributed by atoms with E-state index in [0.29, 0.717) is 41.2 Å². The normalized spacial score (nSPS) is 18.3. The van der Waals surface area contributed by atoms with E-state index in [2.05, 4.69) is 35.1 Å². The number of amides is 1. The fourth-order valence-corrected chi connectivity index (χ4v) is 5.73. The summed E-state index contributed by atoms with van der Waals surface area (Å²) in [6.45, 7) is 4.21. The highest BCUT2D eigenvalue weighted by Gasteiger charge is 2.44. The maximum absolute atomic E-state index is 14.2. The van der Waals surface area contributed by atoms with E-state index in [0.717, 1.165) is 21.4 Å². The van der Waals surface area contributed by atoms with Crippen LogP contribution in [0.25, 0.3) is 11.3 Å². The van der Waals surface area contributed by atoms with E-state index >= 15 is 0 Å². The first-order chi connectivity index (χ1) is 18.3. The summed E-state index contributed by atoms with van der Waals surface area (Å²) in [5, 5.41) is 3.55. The lowest BCUT2D eigenvalue weighted by molar-refractivity contribution is -0.118. The van der Waals surface area contributed by atoms with Gasteiger partial charge in [0.15, 0.2) is 5.78 Å². The molecule has 1 N–H and O–H groups in total. The van der Waals surface area contributed by atoms with Gasteiger partial charge in [0.25, 0.3) is 5.91 Å². The summed E-state index contributed by atoms with van der Waals surface area (Å²) in [5.41, 5.74) is 4.17. The SMILES string of the molecule is CC1(C)CC(=O)C2=C(C1)Nc1ccccc1N(C(=O)c1ccccc1)[C@H]2c1ccc(-c2ccc(Br)cc2)o1. The fourth-order valence-electron chi connectivity index (χ4n) is 5.47. The van der Waals surface area contributed by atoms with Crippen LogP contribution in [-0.2, 0) is 4.79 Å². The molecule has 1 aliphatic heterocycles. The summed E-state index contributed by atoms with van der Waals surface area (Å²) in [6.07, 6.45) is 1.08. The van der Waals surface area contributed by atoms with Gasteiger partial charge < -0.3 is 9.73 Å². The number of halogens is 1. The van der Waals surface area contributed by atoms with E-state index in [1.54, 1.807) is 17.0 Å². The van der Waals surface area contributed by atoms with Gasteiger partial charge in [-0.05, 0) is 60.4 Å². The molecule has 190 valence electrons. The van der Waals surface area contributed by atoms with Crippen molar-refractivity contribution in [2.24, 2.45) is 5.41 Å². The van der Waals surface area contributed by atoms with Crippen LogP contribution in [0, 0.1) is 5.41 Å². The third-order valence-corrected chi connectivity index (χ3v) is 7.69. The molecular formula is C32H27BrN2O3. The van der Waals surface area contributed by atoms with Crippen molar-refractivity contribution in [1.82, 2.24) is 0 Å². The van der Waals surface area contributed by atoms with Gasteiger partial charge in [0.2, 0.25) is 0 Å². The number of nitrogens with zero attached hydrogens (tertiary/aromatic N) is 1. The van der Waals surface area contributed by atoms with Crippen LogP contribution in [0.15, 0.2) is 111 Å². The van der Waals surface area contributed by atoms with Gasteiger partial charge in [-0.3, -0.25) is 14.5 Å². The van der Waals surface area contributed by atoms with E-state index in [1.807, 2.05) is 78.9 Å². The molecular weight excluding hydrogens is 540 g/mol. The van der Waals surface area contributed by atoms with Crippen molar-refractivity contribution >= 4 is 39.0 Å². The van der Waals surface area contributed by atoms with Gasteiger partial charge in [-0.1, -0.05) is 72.2 Å². The Morgan fingerprint density at radius 3 is 2.39 bits per heavy atom. The number of fused-ring (bicyclic) bond motifs is 1. The second-order valence-electron chi connectivity index (χ2n) is 10.6. The zero-order valence-electron chi connectivity index (χ0n) is 21.2. The highest BCUT2D eigenvalue weighted by Crippen LogP contribution is 2.49. The predicted octanol–water partition coefficient (Wildman–Crippen LogP) is 8.17. The molecule has 1 aliphatic carbocycles. The summed E-state index contributed by atoms with van der Waals surface area (Å²) in [6, 6.07) is 27.9. The Labute approximate surface area is 230 Å². The largest absolute Gasteiger partial charge is 0.459 e. The van der Waals surface area contributed by atoms with Crippen molar-refractivity contribution in [3.8, 4) is 11.3 Å². The Morgan fingerprint density at radius 2 is 1.63 bits per heavy atom. The molecule has 0 fully saturated rings. The van der Waals surface area contributed by atoms with E-state index in [9.17, 15) is 9.59 Å². The molecule has 4 aromatic rings. The maximum atomic E-state index is 14.2. The first-order valence-corrected chi connectivity index (χ1v) is 13.5. The summed E-state index contributed by atoms with van der Waals surface area (Å²) in [5.74, 6) is 1.05. The van der Waals surface area contributed by atoms with E-state index < -0.39 is 6.04 Å². The van der Waals surface area contributed by atoms with E-state index in [1.165, 1.54) is 0 Å². The lowest BCUT2D eigenvalue weighted by atomic mass is 9.74. The van der Waals surface area contributed by atoms with Crippen molar-refractivity contribution < 1.29 is 14.0 Å². The molecule has 1 aromatic heterocycles. The zero-order valence-corrected chi connectivity index (χ0v) is 22.8. The number of para-hydroxylation sites is 2. The molecule has 0 radical (unpaired) electrons. The molecule has 0 unspecified atom stereocenters. The smallest absolute Gasteiger partial charge is 0.259 e. The van der Waals surface area contributed by atoms with Gasteiger partial charge in [0, 0.05) is 33.3 Å². The second kappa shape index (κ2) is 9.44. The van der Waals surface area contributed by atoms with Gasteiger partial charge in [0.1, 0.15) is 17.6 Å². The highest BCUT2D eigenvalue weighted by atomic mass is 79.9. The Morgan fingerprint density at radius 1 is 0.921 bits per heavy atom. The summed E-state index contributed by atoms with van der Waals surface area (Å²) >= 11 is 3.48. The Hall–Kier alpha value is -3.90. The van der Waals surface area contributed by atoms with Crippen LogP contribution in [0.2, 0.25) is 0 Å². The first kappa shape index (κ1) is 24.4. The van der Waals surface area contributed by atoms with Crippen molar-refractivity contribution in [3.63, 3.8) is 0 Å². The van der Waals surface area contributed by atoms with Crippen molar-refractivity contribution in [3.05, 3.63) is 118 Å². The zero-order chi connectivity index (χ0) is 26.4. The fraction of sp³-hybridized carbons (Fsp3) is 0.188. The maximum Gasteiger partial charge on any atom is 0.259 e. The Balaban J connectivity index is 1.58. The van der Waals surface area contributed by atoms with Gasteiger partial charge >= 0.3 is 0 Å². The van der Waals surface area contributed by atoms with Crippen LogP contribution in [0.1, 0.15) is 48.8 Å². The monoisotopic (exact) mass is 566 g/mol. The number of allylic oxidation sites excluding steroid dienone is 1. The van der Waals surface area contributed by atoms with Crippen LogP contribution < -0.4 is 10.2 Å². The average molecular weight is 567 g/mol. The third kappa shape index (κ3) is 4.39. The summed E-state index contributed by atoms with van der Waals surface area (Å²) < 4.78 is 7.44. The minimum atomic E-state index is -0.721. The number of hydrogen-bond donors (Lipinski definition) is 1. The highest BCUT2D eigenvalue weighted by molar-refractivity contribution is 9.10. The molecule has 38 heavy (non-hydrogen) atoms. The molecule has 6 rings (SSSR count). The van der Waals surface area contributed by atoms with Crippen LogP contribution in [0.3, 0.4) is 0 Å². The molecule has 2 aliphatic rings. The molecule has 0 bridgehead atoms. The molecule has 3 aromatic carbocycles. The first-order valence-electron chi connectivity index (χ1n) is 12.7. The summed E-state index contributed by atoms with van der Waals surface area (Å²) in [7, 11) is 0. The summed E-state index contributed by atoms with van der Waals surface area (Å²) in [4.78, 5) is 29.8. The number of anilines is 2. The third-order valence-electron chi connectivity index (χ3n) is 7.17. The molecule has 5 nitrogen and oxygen atoms in total. The number of Topliss-reactive ketones (excluding diaryl/α,β-unsaturated/α-hetero) is 1. The lowest BCUT2D eigenvalue weighted by Gasteiger charge is -2.36. The molecule has 1 amide bonds. The van der Waals surface area contributed by atoms with Crippen LogP contribution >= 0.6 is 15.9 Å². The van der Waals surface area contributed by atoms with Crippen molar-refractivity contribution in [1.29, 1.82) is 0 Å². The second-order valence-corrected chi connectivity index (χ2v) is 11.5. The minimum Gasteiger partial charge on any atom is -0.459 e. The number of rotatable bonds is 3. The van der Waals surface area contributed by atoms with Crippen LogP contribution in [-0.4, -0.2) is 11.7 Å². The van der Waals surface area contributed by atoms with Gasteiger partial charge in [-0.25, -0.2) is 0 Å². The Bertz CT molecular complexity index is 1570. The number of hydrogen-bond acceptors (Lipinski definition) is 4. The number of nitrogens with one attached hydrogen (secondary N) is 1. The molecule has 0 spiro atoms. The average Bonchev–Trinajstić information content (AvgIpc) is 3.33. The number of carbonyl (C=O) groups is 2. The van der Waals surface area contributed by atoms with Gasteiger partial charge in [0.05, 0.1) is 11.4 Å². The number of ketones is 1. The standard InChI is InChI=1S/C32H27BrN2O3/c1-32(2)18-24-29(26(36)19-32)30(28-17-16-27(38-28)20-12-14-22(33)15-13-20)35(25-11-7-6-10-23(25)34-24)31(37)21-8-4-3-5-9-21/h3-17,30,34H,18-19H2,1-2H3/t30-/m0/s1. The molecule has 1 atom stereocenters. The number of benzene rings is 3. The van der Waals surface area contributed by atoms with Crippen LogP contribution in [0.5, 0.6) is 0 Å². The Kier molecular flexibility index (Phi) is 6.07. The minimum absolute atomic E-state index is 0.0222. The molecule has 2 heterocycles. The van der Waals surface area contributed by atoms with Gasteiger partial charge in [-0.15, -0.1) is 0 Å².